The Balaban J connectivity index is 1.72. The lowest BCUT2D eigenvalue weighted by molar-refractivity contribution is -0.131. The molecule has 1 aliphatic rings. The Morgan fingerprint density at radius 2 is 2.17 bits per heavy atom. The minimum absolute atomic E-state index is 0.323. The molecule has 1 atom stereocenters. The summed E-state index contributed by atoms with van der Waals surface area (Å²) in [4.78, 5) is 18.2. The molecule has 1 unspecified atom stereocenters. The van der Waals surface area contributed by atoms with E-state index >= 15 is 0 Å². The van der Waals surface area contributed by atoms with Crippen LogP contribution in [0.5, 0.6) is 0 Å². The largest absolute Gasteiger partial charge is 0.340 e. The quantitative estimate of drug-likeness (QED) is 0.792. The summed E-state index contributed by atoms with van der Waals surface area (Å²) in [6, 6.07) is 2.83. The number of nitrogens with one attached hydrogen (secondary N) is 1. The second-order valence-electron chi connectivity index (χ2n) is 6.51. The Morgan fingerprint density at radius 1 is 1.43 bits per heavy atom. The molecular formula is C18H31N3OS. The van der Waals surface area contributed by atoms with Crippen molar-refractivity contribution >= 4 is 17.2 Å². The van der Waals surface area contributed by atoms with E-state index in [1.165, 1.54) is 10.4 Å². The van der Waals surface area contributed by atoms with E-state index < -0.39 is 0 Å². The summed E-state index contributed by atoms with van der Waals surface area (Å²) in [5, 5.41) is 5.52. The van der Waals surface area contributed by atoms with Crippen LogP contribution in [-0.2, 0) is 11.2 Å². The number of thiophene rings is 1. The number of rotatable bonds is 8. The third-order valence-corrected chi connectivity index (χ3v) is 5.69. The highest BCUT2D eigenvalue weighted by atomic mass is 32.1. The normalized spacial score (nSPS) is 16.8. The van der Waals surface area contributed by atoms with E-state index in [9.17, 15) is 4.79 Å². The van der Waals surface area contributed by atoms with E-state index in [0.717, 1.165) is 52.1 Å². The molecule has 1 amide bonds. The standard InChI is InChI=1S/C18H31N3OS/c1-4-20(16(3)13-17-12-15(2)14-23-17)9-5-6-18(22)21-10-7-19-8-11-21/h12,14,16,19H,4-11,13H2,1-3H3. The topological polar surface area (TPSA) is 35.6 Å². The van der Waals surface area contributed by atoms with Crippen molar-refractivity contribution in [1.82, 2.24) is 15.1 Å². The zero-order chi connectivity index (χ0) is 16.7. The van der Waals surface area contributed by atoms with Crippen LogP contribution in [0.4, 0.5) is 0 Å². The lowest BCUT2D eigenvalue weighted by atomic mass is 10.1. The zero-order valence-electron chi connectivity index (χ0n) is 14.8. The van der Waals surface area contributed by atoms with Gasteiger partial charge in [-0.3, -0.25) is 4.79 Å². The lowest BCUT2D eigenvalue weighted by Gasteiger charge is -2.29. The molecule has 0 saturated carbocycles. The van der Waals surface area contributed by atoms with Crippen molar-refractivity contribution in [2.75, 3.05) is 39.3 Å². The van der Waals surface area contributed by atoms with Crippen LogP contribution in [0.25, 0.3) is 0 Å². The molecule has 1 aliphatic heterocycles. The van der Waals surface area contributed by atoms with Gasteiger partial charge in [-0.25, -0.2) is 0 Å². The average Bonchev–Trinajstić information content (AvgIpc) is 2.97. The number of piperazine rings is 1. The molecule has 4 nitrogen and oxygen atoms in total. The number of hydrogen-bond donors (Lipinski definition) is 1. The highest BCUT2D eigenvalue weighted by Gasteiger charge is 2.17. The number of likely N-dealkylation sites (N-methyl/N-ethyl adjacent to an activating group) is 1. The van der Waals surface area contributed by atoms with Crippen LogP contribution in [0, 0.1) is 6.92 Å². The monoisotopic (exact) mass is 337 g/mol. The van der Waals surface area contributed by atoms with Gasteiger partial charge < -0.3 is 15.1 Å². The van der Waals surface area contributed by atoms with E-state index in [2.05, 4.69) is 42.4 Å². The first-order valence-electron chi connectivity index (χ1n) is 8.86. The number of carbonyl (C=O) groups excluding carboxylic acids is 1. The molecule has 0 aromatic carbocycles. The van der Waals surface area contributed by atoms with Gasteiger partial charge in [0.15, 0.2) is 0 Å². The Bertz CT molecular complexity index is 482. The van der Waals surface area contributed by atoms with E-state index in [0.29, 0.717) is 18.4 Å². The van der Waals surface area contributed by atoms with E-state index in [1.54, 1.807) is 0 Å². The van der Waals surface area contributed by atoms with Gasteiger partial charge in [0.1, 0.15) is 0 Å². The van der Waals surface area contributed by atoms with Crippen molar-refractivity contribution in [3.8, 4) is 0 Å². The molecule has 2 heterocycles. The van der Waals surface area contributed by atoms with E-state index in [4.69, 9.17) is 0 Å². The zero-order valence-corrected chi connectivity index (χ0v) is 15.6. The van der Waals surface area contributed by atoms with Gasteiger partial charge in [-0.05, 0) is 56.8 Å². The van der Waals surface area contributed by atoms with Crippen LogP contribution in [0.1, 0.15) is 37.1 Å². The van der Waals surface area contributed by atoms with Crippen LogP contribution < -0.4 is 5.32 Å². The minimum atomic E-state index is 0.323. The van der Waals surface area contributed by atoms with Gasteiger partial charge in [-0.2, -0.15) is 0 Å². The van der Waals surface area contributed by atoms with Crippen molar-refractivity contribution in [3.05, 3.63) is 21.9 Å². The molecule has 1 fully saturated rings. The average molecular weight is 338 g/mol. The summed E-state index contributed by atoms with van der Waals surface area (Å²) in [5.74, 6) is 0.323. The van der Waals surface area contributed by atoms with Crippen LogP contribution in [-0.4, -0.2) is 61.0 Å². The van der Waals surface area contributed by atoms with Gasteiger partial charge >= 0.3 is 0 Å². The molecule has 1 aromatic rings. The fourth-order valence-corrected chi connectivity index (χ4v) is 4.21. The molecular weight excluding hydrogens is 306 g/mol. The van der Waals surface area contributed by atoms with E-state index in [-0.39, 0.29) is 0 Å². The highest BCUT2D eigenvalue weighted by Crippen LogP contribution is 2.18. The van der Waals surface area contributed by atoms with Crippen LogP contribution in [0.3, 0.4) is 0 Å². The van der Waals surface area contributed by atoms with Crippen molar-refractivity contribution in [3.63, 3.8) is 0 Å². The van der Waals surface area contributed by atoms with Gasteiger partial charge in [0.25, 0.3) is 0 Å². The maximum atomic E-state index is 12.2. The fraction of sp³-hybridized carbons (Fsp3) is 0.722. The highest BCUT2D eigenvalue weighted by molar-refractivity contribution is 7.10. The van der Waals surface area contributed by atoms with Crippen molar-refractivity contribution in [2.45, 2.75) is 46.1 Å². The summed E-state index contributed by atoms with van der Waals surface area (Å²) in [6.45, 7) is 12.3. The summed E-state index contributed by atoms with van der Waals surface area (Å²) < 4.78 is 0. The van der Waals surface area contributed by atoms with Crippen LogP contribution >= 0.6 is 11.3 Å². The van der Waals surface area contributed by atoms with Crippen molar-refractivity contribution < 1.29 is 4.79 Å². The third kappa shape index (κ3) is 5.90. The molecule has 1 saturated heterocycles. The second kappa shape index (κ2) is 9.40. The first-order chi connectivity index (χ1) is 11.1. The van der Waals surface area contributed by atoms with Gasteiger partial charge in [0.05, 0.1) is 0 Å². The molecule has 0 radical (unpaired) electrons. The molecule has 0 aliphatic carbocycles. The van der Waals surface area contributed by atoms with Gasteiger partial charge in [0.2, 0.25) is 5.91 Å². The third-order valence-electron chi connectivity index (χ3n) is 4.62. The molecule has 1 aromatic heterocycles. The molecule has 5 heteroatoms. The van der Waals surface area contributed by atoms with Crippen molar-refractivity contribution in [1.29, 1.82) is 0 Å². The van der Waals surface area contributed by atoms with Gasteiger partial charge in [0, 0.05) is 43.5 Å². The fourth-order valence-electron chi connectivity index (χ4n) is 3.21. The summed E-state index contributed by atoms with van der Waals surface area (Å²) in [5.41, 5.74) is 1.36. The minimum Gasteiger partial charge on any atom is -0.340 e. The van der Waals surface area contributed by atoms with Crippen LogP contribution in [0.2, 0.25) is 0 Å². The maximum Gasteiger partial charge on any atom is 0.222 e. The molecule has 23 heavy (non-hydrogen) atoms. The Hall–Kier alpha value is -0.910. The second-order valence-corrected chi connectivity index (χ2v) is 7.50. The molecule has 0 bridgehead atoms. The molecule has 0 spiro atoms. The Labute approximate surface area is 144 Å². The van der Waals surface area contributed by atoms with E-state index in [1.807, 2.05) is 16.2 Å². The Morgan fingerprint density at radius 3 is 2.78 bits per heavy atom. The molecule has 1 N–H and O–H groups in total. The molecule has 130 valence electrons. The van der Waals surface area contributed by atoms with Gasteiger partial charge in [-0.1, -0.05) is 6.92 Å². The maximum absolute atomic E-state index is 12.2. The number of nitrogens with zero attached hydrogens (tertiary/aromatic N) is 2. The summed E-state index contributed by atoms with van der Waals surface area (Å²) >= 11 is 1.86. The molecule has 2 rings (SSSR count). The number of carbonyl (C=O) groups is 1. The van der Waals surface area contributed by atoms with Gasteiger partial charge in [-0.15, -0.1) is 11.3 Å². The smallest absolute Gasteiger partial charge is 0.222 e. The summed E-state index contributed by atoms with van der Waals surface area (Å²) in [6.07, 6.45) is 2.75. The SMILES string of the molecule is CCN(CCCC(=O)N1CCNCC1)C(C)Cc1cc(C)cs1. The van der Waals surface area contributed by atoms with Crippen LogP contribution in [0.15, 0.2) is 11.4 Å². The lowest BCUT2D eigenvalue weighted by Crippen LogP contribution is -2.46. The predicted octanol–water partition coefficient (Wildman–Crippen LogP) is 2.52. The predicted molar refractivity (Wildman–Crippen MR) is 98.2 cm³/mol. The van der Waals surface area contributed by atoms with Crippen molar-refractivity contribution in [2.24, 2.45) is 0 Å². The Kier molecular flexibility index (Phi) is 7.53. The summed E-state index contributed by atoms with van der Waals surface area (Å²) in [7, 11) is 0. The first-order valence-corrected chi connectivity index (χ1v) is 9.74. The first kappa shape index (κ1) is 18.4. The number of amides is 1. The number of aryl methyl sites for hydroxylation is 1. The number of hydrogen-bond acceptors (Lipinski definition) is 4.